The van der Waals surface area contributed by atoms with E-state index in [2.05, 4.69) is 10.4 Å². The van der Waals surface area contributed by atoms with E-state index in [-0.39, 0.29) is 28.5 Å². The molecular formula is C12H11Cl2N3O3. The molecule has 2 heterocycles. The minimum Gasteiger partial charge on any atom is -0.467 e. The van der Waals surface area contributed by atoms with Gasteiger partial charge in [0.15, 0.2) is 0 Å². The molecule has 0 saturated heterocycles. The summed E-state index contributed by atoms with van der Waals surface area (Å²) in [6.45, 7) is 1.52. The molecule has 8 heteroatoms. The van der Waals surface area contributed by atoms with Gasteiger partial charge < -0.3 is 9.73 Å². The van der Waals surface area contributed by atoms with Crippen molar-refractivity contribution in [2.24, 2.45) is 0 Å². The number of rotatable bonds is 4. The van der Waals surface area contributed by atoms with Crippen LogP contribution in [0.15, 0.2) is 33.8 Å². The third-order valence-corrected chi connectivity index (χ3v) is 3.33. The molecule has 6 nitrogen and oxygen atoms in total. The van der Waals surface area contributed by atoms with Gasteiger partial charge in [0.1, 0.15) is 17.3 Å². The number of amides is 1. The van der Waals surface area contributed by atoms with E-state index in [0.29, 0.717) is 5.76 Å². The van der Waals surface area contributed by atoms with Crippen LogP contribution in [-0.4, -0.2) is 15.7 Å². The summed E-state index contributed by atoms with van der Waals surface area (Å²) in [5.74, 6) is 0.231. The zero-order chi connectivity index (χ0) is 14.7. The molecule has 20 heavy (non-hydrogen) atoms. The predicted molar refractivity (Wildman–Crippen MR) is 73.8 cm³/mol. The van der Waals surface area contributed by atoms with Crippen molar-refractivity contribution in [3.05, 3.63) is 50.8 Å². The Hall–Kier alpha value is -1.79. The summed E-state index contributed by atoms with van der Waals surface area (Å²) in [4.78, 5) is 23.6. The van der Waals surface area contributed by atoms with E-state index in [0.717, 1.165) is 4.68 Å². The van der Waals surface area contributed by atoms with Crippen LogP contribution in [0.25, 0.3) is 0 Å². The van der Waals surface area contributed by atoms with Gasteiger partial charge in [0.25, 0.3) is 5.56 Å². The first-order chi connectivity index (χ1) is 9.49. The maximum atomic E-state index is 11.8. The second-order valence-corrected chi connectivity index (χ2v) is 4.86. The molecular weight excluding hydrogens is 305 g/mol. The van der Waals surface area contributed by atoms with Crippen LogP contribution in [-0.2, 0) is 11.3 Å². The molecule has 0 unspecified atom stereocenters. The Kier molecular flexibility index (Phi) is 4.46. The van der Waals surface area contributed by atoms with Gasteiger partial charge in [-0.05, 0) is 19.1 Å². The van der Waals surface area contributed by atoms with Crippen molar-refractivity contribution < 1.29 is 9.21 Å². The van der Waals surface area contributed by atoms with Crippen LogP contribution in [0.2, 0.25) is 10.0 Å². The van der Waals surface area contributed by atoms with Crippen LogP contribution in [0.4, 0.5) is 0 Å². The molecule has 0 saturated carbocycles. The number of aromatic nitrogens is 2. The molecule has 0 fully saturated rings. The minimum atomic E-state index is -0.611. The van der Waals surface area contributed by atoms with Crippen LogP contribution in [0, 0.1) is 0 Å². The number of hydrogen-bond donors (Lipinski definition) is 1. The molecule has 2 aromatic rings. The number of furan rings is 1. The highest BCUT2D eigenvalue weighted by atomic mass is 35.5. The van der Waals surface area contributed by atoms with Crippen molar-refractivity contribution in [2.45, 2.75) is 19.5 Å². The van der Waals surface area contributed by atoms with Gasteiger partial charge in [-0.1, -0.05) is 23.2 Å². The third kappa shape index (κ3) is 3.20. The normalized spacial score (nSPS) is 12.2. The highest BCUT2D eigenvalue weighted by molar-refractivity contribution is 6.41. The summed E-state index contributed by atoms with van der Waals surface area (Å²) in [6.07, 6.45) is 2.73. The predicted octanol–water partition coefficient (Wildman–Crippen LogP) is 2.02. The van der Waals surface area contributed by atoms with Gasteiger partial charge >= 0.3 is 0 Å². The minimum absolute atomic E-state index is 0.0530. The second kappa shape index (κ2) is 6.11. The second-order valence-electron chi connectivity index (χ2n) is 4.07. The van der Waals surface area contributed by atoms with Gasteiger partial charge in [-0.25, -0.2) is 4.68 Å². The van der Waals surface area contributed by atoms with E-state index in [9.17, 15) is 9.59 Å². The van der Waals surface area contributed by atoms with Gasteiger partial charge in [-0.3, -0.25) is 9.59 Å². The lowest BCUT2D eigenvalue weighted by Gasteiger charge is -2.12. The van der Waals surface area contributed by atoms with E-state index >= 15 is 0 Å². The maximum absolute atomic E-state index is 11.8. The molecule has 1 N–H and O–H groups in total. The topological polar surface area (TPSA) is 77.1 Å². The summed E-state index contributed by atoms with van der Waals surface area (Å²) in [5, 5.41) is 6.33. The van der Waals surface area contributed by atoms with Crippen LogP contribution in [0.3, 0.4) is 0 Å². The smallest absolute Gasteiger partial charge is 0.287 e. The number of halogens is 2. The molecule has 0 spiro atoms. The molecule has 1 atom stereocenters. The SMILES string of the molecule is C[C@H](NC(=O)Cn1ncc(Cl)c(Cl)c1=O)c1ccco1. The van der Waals surface area contributed by atoms with Crippen LogP contribution >= 0.6 is 23.2 Å². The lowest BCUT2D eigenvalue weighted by molar-refractivity contribution is -0.122. The highest BCUT2D eigenvalue weighted by Gasteiger charge is 2.14. The van der Waals surface area contributed by atoms with Crippen molar-refractivity contribution in [2.75, 3.05) is 0 Å². The number of nitrogens with zero attached hydrogens (tertiary/aromatic N) is 2. The molecule has 2 rings (SSSR count). The molecule has 0 radical (unpaired) electrons. The Bertz CT molecular complexity index is 667. The summed E-state index contributed by atoms with van der Waals surface area (Å²) in [7, 11) is 0. The monoisotopic (exact) mass is 315 g/mol. The van der Waals surface area contributed by atoms with Gasteiger partial charge in [-0.2, -0.15) is 5.10 Å². The highest BCUT2D eigenvalue weighted by Crippen LogP contribution is 2.15. The zero-order valence-electron chi connectivity index (χ0n) is 10.5. The number of hydrogen-bond acceptors (Lipinski definition) is 4. The largest absolute Gasteiger partial charge is 0.467 e. The summed E-state index contributed by atoms with van der Waals surface area (Å²) in [5.41, 5.74) is -0.611. The number of carbonyl (C=O) groups excluding carboxylic acids is 1. The van der Waals surface area contributed by atoms with Crippen LogP contribution < -0.4 is 10.9 Å². The van der Waals surface area contributed by atoms with Crippen LogP contribution in [0.1, 0.15) is 18.7 Å². The fourth-order valence-corrected chi connectivity index (χ4v) is 1.86. The number of nitrogens with one attached hydrogen (secondary N) is 1. The Morgan fingerprint density at radius 2 is 2.30 bits per heavy atom. The Morgan fingerprint density at radius 3 is 2.95 bits per heavy atom. The van der Waals surface area contributed by atoms with E-state index in [4.69, 9.17) is 27.6 Å². The molecule has 106 valence electrons. The lowest BCUT2D eigenvalue weighted by atomic mass is 10.2. The maximum Gasteiger partial charge on any atom is 0.287 e. The lowest BCUT2D eigenvalue weighted by Crippen LogP contribution is -2.35. The van der Waals surface area contributed by atoms with Crippen molar-refractivity contribution in [1.29, 1.82) is 0 Å². The van der Waals surface area contributed by atoms with E-state index in [1.165, 1.54) is 12.5 Å². The van der Waals surface area contributed by atoms with Crippen molar-refractivity contribution >= 4 is 29.1 Å². The molecule has 2 aromatic heterocycles. The Labute approximate surface area is 124 Å². The Morgan fingerprint density at radius 1 is 1.55 bits per heavy atom. The fraction of sp³-hybridized carbons (Fsp3) is 0.250. The van der Waals surface area contributed by atoms with E-state index in [1.807, 2.05) is 0 Å². The third-order valence-electron chi connectivity index (χ3n) is 2.58. The average molecular weight is 316 g/mol. The average Bonchev–Trinajstić information content (AvgIpc) is 2.93. The van der Waals surface area contributed by atoms with Crippen molar-refractivity contribution in [3.8, 4) is 0 Å². The van der Waals surface area contributed by atoms with Crippen molar-refractivity contribution in [3.63, 3.8) is 0 Å². The molecule has 0 aliphatic rings. The first-order valence-electron chi connectivity index (χ1n) is 5.73. The van der Waals surface area contributed by atoms with Gasteiger partial charge in [0, 0.05) is 0 Å². The molecule has 0 aliphatic heterocycles. The summed E-state index contributed by atoms with van der Waals surface area (Å²) < 4.78 is 6.11. The van der Waals surface area contributed by atoms with Crippen LogP contribution in [0.5, 0.6) is 0 Å². The Balaban J connectivity index is 2.06. The standard InChI is InChI=1S/C12H11Cl2N3O3/c1-7(9-3-2-4-20-9)16-10(18)6-17-12(19)11(14)8(13)5-15-17/h2-5,7H,6H2,1H3,(H,16,18)/t7-/m0/s1. The molecule has 0 bridgehead atoms. The quantitative estimate of drug-likeness (QED) is 0.936. The van der Waals surface area contributed by atoms with E-state index in [1.54, 1.807) is 19.1 Å². The van der Waals surface area contributed by atoms with E-state index < -0.39 is 5.56 Å². The van der Waals surface area contributed by atoms with Gasteiger partial charge in [-0.15, -0.1) is 0 Å². The molecule has 0 aromatic carbocycles. The van der Waals surface area contributed by atoms with Crippen molar-refractivity contribution in [1.82, 2.24) is 15.1 Å². The first kappa shape index (κ1) is 14.6. The zero-order valence-corrected chi connectivity index (χ0v) is 12.0. The fourth-order valence-electron chi connectivity index (χ4n) is 1.59. The van der Waals surface area contributed by atoms with Gasteiger partial charge in [0.2, 0.25) is 5.91 Å². The first-order valence-corrected chi connectivity index (χ1v) is 6.48. The molecule has 1 amide bonds. The number of carbonyl (C=O) groups is 1. The molecule has 0 aliphatic carbocycles. The summed E-state index contributed by atoms with van der Waals surface area (Å²) in [6, 6.07) is 3.16. The summed E-state index contributed by atoms with van der Waals surface area (Å²) >= 11 is 11.4. The van der Waals surface area contributed by atoms with Gasteiger partial charge in [0.05, 0.1) is 23.5 Å².